The second-order valence-corrected chi connectivity index (χ2v) is 5.42. The van der Waals surface area contributed by atoms with Crippen molar-refractivity contribution < 1.29 is 14.9 Å². The molecule has 22 heavy (non-hydrogen) atoms. The van der Waals surface area contributed by atoms with E-state index in [4.69, 9.17) is 9.57 Å². The van der Waals surface area contributed by atoms with Crippen LogP contribution in [0.25, 0.3) is 0 Å². The Labute approximate surface area is 130 Å². The molecular formula is C18H21N2O2+. The monoisotopic (exact) mass is 297 g/mol. The fraction of sp³-hybridized carbons (Fsp3) is 0.278. The maximum absolute atomic E-state index is 5.53. The van der Waals surface area contributed by atoms with E-state index < -0.39 is 0 Å². The molecule has 0 spiro atoms. The van der Waals surface area contributed by atoms with E-state index in [1.165, 1.54) is 5.56 Å². The predicted molar refractivity (Wildman–Crippen MR) is 86.0 cm³/mol. The Kier molecular flexibility index (Phi) is 4.71. The highest BCUT2D eigenvalue weighted by Gasteiger charge is 2.23. The normalized spacial score (nSPS) is 17.0. The Morgan fingerprint density at radius 2 is 2.05 bits per heavy atom. The van der Waals surface area contributed by atoms with Crippen molar-refractivity contribution in [1.82, 2.24) is 0 Å². The van der Waals surface area contributed by atoms with Gasteiger partial charge in [-0.25, -0.2) is 0 Å². The molecule has 4 heteroatoms. The van der Waals surface area contributed by atoms with Crippen molar-refractivity contribution in [2.24, 2.45) is 5.16 Å². The minimum absolute atomic E-state index is 0.154. The maximum atomic E-state index is 5.53. The van der Waals surface area contributed by atoms with E-state index in [0.29, 0.717) is 0 Å². The number of benzene rings is 2. The van der Waals surface area contributed by atoms with Crippen molar-refractivity contribution in [3.63, 3.8) is 0 Å². The van der Waals surface area contributed by atoms with Gasteiger partial charge in [0, 0.05) is 12.0 Å². The van der Waals surface area contributed by atoms with Crippen LogP contribution in [-0.4, -0.2) is 25.5 Å². The van der Waals surface area contributed by atoms with Gasteiger partial charge in [0.2, 0.25) is 0 Å². The number of hydrogen-bond acceptors (Lipinski definition) is 3. The number of oxime groups is 1. The lowest BCUT2D eigenvalue weighted by Gasteiger charge is -2.08. The Bertz CT molecular complexity index is 641. The van der Waals surface area contributed by atoms with Gasteiger partial charge >= 0.3 is 0 Å². The summed E-state index contributed by atoms with van der Waals surface area (Å²) in [5, 5.41) is 6.47. The number of ether oxygens (including phenoxy) is 1. The number of rotatable bonds is 6. The quantitative estimate of drug-likeness (QED) is 0.886. The van der Waals surface area contributed by atoms with Crippen LogP contribution in [0.2, 0.25) is 0 Å². The minimum atomic E-state index is 0.154. The topological polar surface area (TPSA) is 47.4 Å². The second-order valence-electron chi connectivity index (χ2n) is 5.42. The van der Waals surface area contributed by atoms with E-state index in [1.54, 1.807) is 7.11 Å². The smallest absolute Gasteiger partial charge is 0.181 e. The van der Waals surface area contributed by atoms with E-state index >= 15 is 0 Å². The fourth-order valence-electron chi connectivity index (χ4n) is 2.59. The number of hydrogen-bond donors (Lipinski definition) is 1. The molecule has 0 radical (unpaired) electrons. The summed E-state index contributed by atoms with van der Waals surface area (Å²) >= 11 is 0. The van der Waals surface area contributed by atoms with Crippen molar-refractivity contribution in [2.45, 2.75) is 19.1 Å². The molecule has 2 aromatic rings. The van der Waals surface area contributed by atoms with Crippen molar-refractivity contribution in [2.75, 3.05) is 13.7 Å². The van der Waals surface area contributed by atoms with E-state index in [1.807, 2.05) is 30.3 Å². The Morgan fingerprint density at radius 3 is 2.86 bits per heavy atom. The first-order valence-corrected chi connectivity index (χ1v) is 7.58. The molecule has 0 amide bonds. The maximum Gasteiger partial charge on any atom is 0.181 e. The third-order valence-electron chi connectivity index (χ3n) is 3.78. The molecule has 1 aliphatic rings. The summed E-state index contributed by atoms with van der Waals surface area (Å²) in [5.74, 6) is 0.901. The first-order chi connectivity index (χ1) is 10.8. The van der Waals surface area contributed by atoms with Crippen LogP contribution in [-0.2, 0) is 11.4 Å². The van der Waals surface area contributed by atoms with Crippen molar-refractivity contribution in [3.05, 3.63) is 65.7 Å². The standard InChI is InChI=1S/C18H20N2O2/c1-21-16-9-5-6-14(10-16)12-19-13-17-11-18(20-22-17)15-7-3-2-4-8-15/h2-10,17,19H,11-13H2,1H3/p+1/t17-/m0/s1. The second kappa shape index (κ2) is 7.09. The van der Waals surface area contributed by atoms with Gasteiger partial charge in [0.25, 0.3) is 0 Å². The molecule has 2 aromatic carbocycles. The van der Waals surface area contributed by atoms with Crippen molar-refractivity contribution in [3.8, 4) is 5.75 Å². The molecular weight excluding hydrogens is 276 g/mol. The summed E-state index contributed by atoms with van der Waals surface area (Å²) in [6.07, 6.45) is 1.03. The molecule has 0 aromatic heterocycles. The molecule has 0 fully saturated rings. The van der Waals surface area contributed by atoms with Crippen LogP contribution in [0.4, 0.5) is 0 Å². The molecule has 3 rings (SSSR count). The summed E-state index contributed by atoms with van der Waals surface area (Å²) in [6, 6.07) is 18.4. The third-order valence-corrected chi connectivity index (χ3v) is 3.78. The number of nitrogens with two attached hydrogens (primary N) is 1. The van der Waals surface area contributed by atoms with E-state index in [9.17, 15) is 0 Å². The van der Waals surface area contributed by atoms with Crippen LogP contribution in [0.5, 0.6) is 5.75 Å². The van der Waals surface area contributed by atoms with Gasteiger partial charge in [-0.2, -0.15) is 0 Å². The molecule has 1 atom stereocenters. The summed E-state index contributed by atoms with van der Waals surface area (Å²) in [4.78, 5) is 5.53. The van der Waals surface area contributed by atoms with Gasteiger partial charge in [-0.05, 0) is 17.7 Å². The van der Waals surface area contributed by atoms with Gasteiger partial charge in [0.15, 0.2) is 6.10 Å². The molecule has 4 nitrogen and oxygen atoms in total. The SMILES string of the molecule is COc1cccc(C[NH2+]C[C@@H]2CC(c3ccccc3)=NO2)c1. The molecule has 1 heterocycles. The zero-order chi connectivity index (χ0) is 15.2. The third kappa shape index (κ3) is 3.65. The highest BCUT2D eigenvalue weighted by molar-refractivity contribution is 6.01. The van der Waals surface area contributed by atoms with Gasteiger partial charge in [-0.1, -0.05) is 47.6 Å². The van der Waals surface area contributed by atoms with E-state index in [0.717, 1.165) is 36.5 Å². The summed E-state index contributed by atoms with van der Waals surface area (Å²) in [5.41, 5.74) is 3.44. The zero-order valence-electron chi connectivity index (χ0n) is 12.7. The average Bonchev–Trinajstić information content (AvgIpc) is 3.05. The summed E-state index contributed by atoms with van der Waals surface area (Å²) < 4.78 is 5.24. The summed E-state index contributed by atoms with van der Waals surface area (Å²) in [7, 11) is 1.69. The van der Waals surface area contributed by atoms with Crippen LogP contribution in [0.3, 0.4) is 0 Å². The van der Waals surface area contributed by atoms with Crippen molar-refractivity contribution in [1.29, 1.82) is 0 Å². The molecule has 2 N–H and O–H groups in total. The highest BCUT2D eigenvalue weighted by atomic mass is 16.6. The number of nitrogens with zero attached hydrogens (tertiary/aromatic N) is 1. The number of quaternary nitrogens is 1. The molecule has 1 aliphatic heterocycles. The Hall–Kier alpha value is -2.33. The lowest BCUT2D eigenvalue weighted by atomic mass is 10.1. The van der Waals surface area contributed by atoms with Crippen LogP contribution < -0.4 is 10.1 Å². The van der Waals surface area contributed by atoms with Crippen molar-refractivity contribution >= 4 is 5.71 Å². The van der Waals surface area contributed by atoms with E-state index in [2.05, 4.69) is 34.7 Å². The van der Waals surface area contributed by atoms with Gasteiger partial charge in [-0.15, -0.1) is 0 Å². The molecule has 114 valence electrons. The van der Waals surface area contributed by atoms with Gasteiger partial charge in [0.05, 0.1) is 12.8 Å². The first kappa shape index (κ1) is 14.6. The fourth-order valence-corrected chi connectivity index (χ4v) is 2.59. The average molecular weight is 297 g/mol. The molecule has 0 bridgehead atoms. The summed E-state index contributed by atoms with van der Waals surface area (Å²) in [6.45, 7) is 1.81. The first-order valence-electron chi connectivity index (χ1n) is 7.58. The van der Waals surface area contributed by atoms with Crippen LogP contribution in [0.15, 0.2) is 59.8 Å². The molecule has 0 unspecified atom stereocenters. The Morgan fingerprint density at radius 1 is 1.18 bits per heavy atom. The lowest BCUT2D eigenvalue weighted by Crippen LogP contribution is -2.84. The lowest BCUT2D eigenvalue weighted by molar-refractivity contribution is -0.676. The highest BCUT2D eigenvalue weighted by Crippen LogP contribution is 2.15. The molecule has 0 aliphatic carbocycles. The van der Waals surface area contributed by atoms with Crippen LogP contribution in [0.1, 0.15) is 17.5 Å². The van der Waals surface area contributed by atoms with Gasteiger partial charge < -0.3 is 14.9 Å². The van der Waals surface area contributed by atoms with Gasteiger partial charge in [0.1, 0.15) is 18.8 Å². The van der Waals surface area contributed by atoms with Crippen LogP contribution >= 0.6 is 0 Å². The van der Waals surface area contributed by atoms with Gasteiger partial charge in [-0.3, -0.25) is 0 Å². The van der Waals surface area contributed by atoms with Crippen LogP contribution in [0, 0.1) is 0 Å². The predicted octanol–water partition coefficient (Wildman–Crippen LogP) is 1.95. The largest absolute Gasteiger partial charge is 0.497 e. The Balaban J connectivity index is 1.46. The minimum Gasteiger partial charge on any atom is -0.497 e. The number of methoxy groups -OCH3 is 1. The molecule has 0 saturated heterocycles. The zero-order valence-corrected chi connectivity index (χ0v) is 12.7. The van der Waals surface area contributed by atoms with E-state index in [-0.39, 0.29) is 6.10 Å². The molecule has 0 saturated carbocycles.